The Bertz CT molecular complexity index is 2080. The zero-order valence-corrected chi connectivity index (χ0v) is 29.7. The fourth-order valence-electron chi connectivity index (χ4n) is 5.15. The lowest BCUT2D eigenvalue weighted by atomic mass is 9.95. The van der Waals surface area contributed by atoms with E-state index in [4.69, 9.17) is 35.0 Å². The van der Waals surface area contributed by atoms with Gasteiger partial charge < -0.3 is 23.4 Å². The lowest BCUT2D eigenvalue weighted by molar-refractivity contribution is -0.139. The van der Waals surface area contributed by atoms with Crippen molar-refractivity contribution >= 4 is 56.9 Å². The number of aromatic nitrogens is 1. The number of halogens is 2. The van der Waals surface area contributed by atoms with Crippen molar-refractivity contribution in [2.24, 2.45) is 4.99 Å². The number of esters is 2. The molecule has 5 rings (SSSR count). The number of nitrogens with zero attached hydrogens (tertiary/aromatic N) is 2. The van der Waals surface area contributed by atoms with E-state index >= 15 is 0 Å². The van der Waals surface area contributed by atoms with E-state index in [0.29, 0.717) is 70.8 Å². The van der Waals surface area contributed by atoms with Crippen LogP contribution in [-0.2, 0) is 14.3 Å². The lowest BCUT2D eigenvalue weighted by Gasteiger charge is -2.26. The molecule has 246 valence electrons. The highest BCUT2D eigenvalue weighted by Crippen LogP contribution is 2.41. The molecule has 0 unspecified atom stereocenters. The van der Waals surface area contributed by atoms with E-state index in [1.165, 1.54) is 11.7 Å². The number of hydrogen-bond acceptors (Lipinski definition) is 10. The van der Waals surface area contributed by atoms with Gasteiger partial charge in [0.2, 0.25) is 0 Å². The van der Waals surface area contributed by atoms with Gasteiger partial charge in [-0.05, 0) is 82.6 Å². The number of allylic oxidation sites excluding steroid dienone is 1. The summed E-state index contributed by atoms with van der Waals surface area (Å²) in [7, 11) is 1.53. The molecule has 0 bridgehead atoms. The molecule has 0 fully saturated rings. The van der Waals surface area contributed by atoms with Crippen LogP contribution >= 0.6 is 38.9 Å². The Morgan fingerprint density at radius 3 is 2.55 bits per heavy atom. The summed E-state index contributed by atoms with van der Waals surface area (Å²) in [5.41, 5.74) is 1.58. The van der Waals surface area contributed by atoms with Gasteiger partial charge in [0.25, 0.3) is 5.56 Å². The van der Waals surface area contributed by atoms with E-state index in [1.54, 1.807) is 76.2 Å². The van der Waals surface area contributed by atoms with Crippen molar-refractivity contribution in [1.82, 2.24) is 4.57 Å². The third kappa shape index (κ3) is 6.95. The van der Waals surface area contributed by atoms with Crippen molar-refractivity contribution in [1.29, 1.82) is 0 Å². The van der Waals surface area contributed by atoms with Crippen molar-refractivity contribution in [2.45, 2.75) is 46.8 Å². The van der Waals surface area contributed by atoms with Crippen LogP contribution in [0.3, 0.4) is 0 Å². The first kappa shape index (κ1) is 34.2. The molecule has 0 amide bonds. The van der Waals surface area contributed by atoms with Crippen LogP contribution in [0.15, 0.2) is 72.4 Å². The maximum Gasteiger partial charge on any atom is 0.339 e. The number of hydrogen-bond donors (Lipinski definition) is 0. The Labute approximate surface area is 288 Å². The molecule has 13 heteroatoms. The second-order valence-electron chi connectivity index (χ2n) is 10.6. The van der Waals surface area contributed by atoms with Gasteiger partial charge in [-0.15, -0.1) is 0 Å². The summed E-state index contributed by atoms with van der Waals surface area (Å²) in [6.07, 6.45) is 1.28. The standard InChI is InChI=1S/C34H32BrClN2O8S/c1-7-43-27-15-23(24(35)16-26(27)42-6)30-29(33(41)44-8-2)18(5)37-34-38(30)31(39)28(47-34)14-20-10-12-25(46-20)22-13-19(36)9-11-21(22)32(40)45-17(3)4/h9-17,30H,7-8H2,1-6H3/b28-14+/t30-/m0/s1. The van der Waals surface area contributed by atoms with Gasteiger partial charge in [0.05, 0.1) is 53.8 Å². The third-order valence-electron chi connectivity index (χ3n) is 7.10. The molecule has 1 atom stereocenters. The van der Waals surface area contributed by atoms with E-state index in [2.05, 4.69) is 20.9 Å². The number of carbonyl (C=O) groups excluding carboxylic acids is 2. The summed E-state index contributed by atoms with van der Waals surface area (Å²) >= 11 is 11.0. The number of furan rings is 1. The predicted octanol–water partition coefficient (Wildman–Crippen LogP) is 6.45. The maximum atomic E-state index is 14.2. The molecule has 0 aliphatic carbocycles. The Morgan fingerprint density at radius 1 is 1.11 bits per heavy atom. The summed E-state index contributed by atoms with van der Waals surface area (Å²) < 4.78 is 30.6. The molecule has 0 N–H and O–H groups in total. The van der Waals surface area contributed by atoms with Gasteiger partial charge in [-0.1, -0.05) is 38.9 Å². The van der Waals surface area contributed by atoms with Gasteiger partial charge in [0.15, 0.2) is 16.3 Å². The Balaban J connectivity index is 1.65. The fourth-order valence-corrected chi connectivity index (χ4v) is 6.89. The van der Waals surface area contributed by atoms with Crippen LogP contribution in [0.4, 0.5) is 0 Å². The third-order valence-corrected chi connectivity index (χ3v) is 9.01. The van der Waals surface area contributed by atoms with Crippen molar-refractivity contribution in [3.8, 4) is 22.8 Å². The smallest absolute Gasteiger partial charge is 0.339 e. The Kier molecular flexibility index (Phi) is 10.4. The average molecular weight is 744 g/mol. The van der Waals surface area contributed by atoms with Gasteiger partial charge in [0, 0.05) is 21.1 Å². The molecular formula is C34H32BrClN2O8S. The van der Waals surface area contributed by atoms with Crippen molar-refractivity contribution in [3.63, 3.8) is 0 Å². The number of ether oxygens (including phenoxy) is 4. The molecule has 0 radical (unpaired) electrons. The number of benzene rings is 2. The minimum absolute atomic E-state index is 0.144. The van der Waals surface area contributed by atoms with Crippen LogP contribution in [-0.4, -0.2) is 42.9 Å². The highest BCUT2D eigenvalue weighted by molar-refractivity contribution is 9.10. The van der Waals surface area contributed by atoms with Crippen LogP contribution in [0.2, 0.25) is 5.02 Å². The van der Waals surface area contributed by atoms with Gasteiger partial charge in [-0.2, -0.15) is 0 Å². The van der Waals surface area contributed by atoms with Crippen LogP contribution < -0.4 is 24.4 Å². The summed E-state index contributed by atoms with van der Waals surface area (Å²) in [5.74, 6) is 0.568. The van der Waals surface area contributed by atoms with Gasteiger partial charge in [0.1, 0.15) is 11.5 Å². The SMILES string of the molecule is CCOC(=O)C1=C(C)N=c2s/c(=C/c3ccc(-c4cc(Cl)ccc4C(=O)OC(C)C)o3)c(=O)n2[C@H]1c1cc(OCC)c(OC)cc1Br. The van der Waals surface area contributed by atoms with Gasteiger partial charge >= 0.3 is 11.9 Å². The van der Waals surface area contributed by atoms with Crippen molar-refractivity contribution < 1.29 is 33.0 Å². The minimum atomic E-state index is -0.889. The predicted molar refractivity (Wildman–Crippen MR) is 182 cm³/mol. The van der Waals surface area contributed by atoms with Gasteiger partial charge in [-0.3, -0.25) is 9.36 Å². The zero-order chi connectivity index (χ0) is 34.0. The molecule has 47 heavy (non-hydrogen) atoms. The highest BCUT2D eigenvalue weighted by atomic mass is 79.9. The molecule has 0 saturated carbocycles. The quantitative estimate of drug-likeness (QED) is 0.170. The van der Waals surface area contributed by atoms with Crippen LogP contribution in [0.1, 0.15) is 62.3 Å². The topological polar surface area (TPSA) is 119 Å². The first-order valence-corrected chi connectivity index (χ1v) is 16.8. The van der Waals surface area contributed by atoms with Gasteiger partial charge in [-0.25, -0.2) is 14.6 Å². The summed E-state index contributed by atoms with van der Waals surface area (Å²) in [6, 6.07) is 10.8. The summed E-state index contributed by atoms with van der Waals surface area (Å²) in [4.78, 5) is 45.4. The molecule has 1 aliphatic heterocycles. The monoisotopic (exact) mass is 742 g/mol. The van der Waals surface area contributed by atoms with E-state index in [0.717, 1.165) is 11.3 Å². The first-order valence-electron chi connectivity index (χ1n) is 14.8. The van der Waals surface area contributed by atoms with E-state index in [1.807, 2.05) is 6.92 Å². The molecule has 1 aliphatic rings. The number of rotatable bonds is 10. The Hall–Kier alpha value is -4.13. The maximum absolute atomic E-state index is 14.2. The summed E-state index contributed by atoms with van der Waals surface area (Å²) in [6.45, 7) is 9.33. The fraction of sp³-hybridized carbons (Fsp3) is 0.294. The van der Waals surface area contributed by atoms with E-state index in [-0.39, 0.29) is 18.3 Å². The second kappa shape index (κ2) is 14.3. The van der Waals surface area contributed by atoms with Crippen LogP contribution in [0.25, 0.3) is 17.4 Å². The van der Waals surface area contributed by atoms with Crippen molar-refractivity contribution in [2.75, 3.05) is 20.3 Å². The minimum Gasteiger partial charge on any atom is -0.493 e. The normalized spacial score (nSPS) is 14.6. The molecule has 10 nitrogen and oxygen atoms in total. The average Bonchev–Trinajstić information content (AvgIpc) is 3.60. The molecule has 2 aromatic heterocycles. The van der Waals surface area contributed by atoms with Crippen LogP contribution in [0.5, 0.6) is 11.5 Å². The lowest BCUT2D eigenvalue weighted by Crippen LogP contribution is -2.40. The summed E-state index contributed by atoms with van der Waals surface area (Å²) in [5, 5.41) is 0.414. The van der Waals surface area contributed by atoms with Crippen LogP contribution in [0, 0.1) is 0 Å². The second-order valence-corrected chi connectivity index (χ2v) is 12.9. The van der Waals surface area contributed by atoms with Crippen molar-refractivity contribution in [3.05, 3.63) is 99.8 Å². The number of thiazole rings is 1. The molecule has 3 heterocycles. The highest BCUT2D eigenvalue weighted by Gasteiger charge is 2.35. The molecule has 2 aromatic carbocycles. The zero-order valence-electron chi connectivity index (χ0n) is 26.5. The largest absolute Gasteiger partial charge is 0.493 e. The van der Waals surface area contributed by atoms with E-state index in [9.17, 15) is 14.4 Å². The number of methoxy groups -OCH3 is 1. The number of fused-ring (bicyclic) bond motifs is 1. The molecular weight excluding hydrogens is 712 g/mol. The first-order chi connectivity index (χ1) is 22.5. The molecule has 4 aromatic rings. The molecule has 0 spiro atoms. The Morgan fingerprint density at radius 2 is 1.87 bits per heavy atom. The molecule has 0 saturated heterocycles. The number of carbonyl (C=O) groups is 2. The van der Waals surface area contributed by atoms with E-state index < -0.39 is 23.5 Å².